The number of ether oxygens (including phenoxy) is 1. The van der Waals surface area contributed by atoms with Gasteiger partial charge in [0, 0.05) is 42.2 Å². The third-order valence-electron chi connectivity index (χ3n) is 7.97. The number of fused-ring (bicyclic) bond motifs is 1. The van der Waals surface area contributed by atoms with E-state index in [9.17, 15) is 0 Å². The maximum absolute atomic E-state index is 6.32. The Balaban J connectivity index is 0.000000258. The van der Waals surface area contributed by atoms with Crippen LogP contribution in [0.2, 0.25) is 0 Å². The van der Waals surface area contributed by atoms with Crippen LogP contribution >= 0.6 is 11.5 Å². The lowest BCUT2D eigenvalue weighted by Gasteiger charge is -2.21. The summed E-state index contributed by atoms with van der Waals surface area (Å²) >= 11 is 1.60. The molecule has 5 nitrogen and oxygen atoms in total. The van der Waals surface area contributed by atoms with Crippen molar-refractivity contribution < 1.29 is 4.74 Å². The van der Waals surface area contributed by atoms with Gasteiger partial charge in [-0.25, -0.2) is 0 Å². The van der Waals surface area contributed by atoms with Crippen LogP contribution in [0.5, 0.6) is 5.75 Å². The van der Waals surface area contributed by atoms with Crippen molar-refractivity contribution in [3.8, 4) is 5.75 Å². The molecule has 0 saturated heterocycles. The second-order valence-corrected chi connectivity index (χ2v) is 11.8. The summed E-state index contributed by atoms with van der Waals surface area (Å²) in [4.78, 5) is 2.40. The lowest BCUT2D eigenvalue weighted by molar-refractivity contribution is 0.336. The van der Waals surface area contributed by atoms with Gasteiger partial charge in [-0.1, -0.05) is 71.0 Å². The summed E-state index contributed by atoms with van der Waals surface area (Å²) in [5.41, 5.74) is 10.9. The lowest BCUT2D eigenvalue weighted by atomic mass is 10.0. The minimum Gasteiger partial charge on any atom is -0.494 e. The molecule has 3 aromatic rings. The third kappa shape index (κ3) is 8.48. The molecule has 1 heterocycles. The molecule has 1 aromatic heterocycles. The van der Waals surface area contributed by atoms with E-state index < -0.39 is 0 Å². The van der Waals surface area contributed by atoms with Crippen molar-refractivity contribution in [2.24, 2.45) is 11.7 Å². The van der Waals surface area contributed by atoms with Gasteiger partial charge in [0.15, 0.2) is 0 Å². The molecule has 2 atom stereocenters. The Bertz CT molecular complexity index is 1340. The Morgan fingerprint density at radius 1 is 1.10 bits per heavy atom. The average molecular weight is 589 g/mol. The molecule has 1 fully saturated rings. The van der Waals surface area contributed by atoms with E-state index in [1.165, 1.54) is 45.4 Å². The number of aryl methyl sites for hydroxylation is 1. The standard InChI is InChI=1S/C23H34N2O.C13H18N2S/c1-6-10-19-15-18(12-14-22(19)26-9-4)11-13-20(7-2)25-16-21-17(5)23(21,24)8-3;1-3-9-15(10-4-2)13-11-7-5-6-8-12(11)16-14-13/h7,11-15,21,25H,5-6,8-10,16,24H2,1-4H3;5-8H,3-4,9-10H2,1-2H3/b13-11+,20-7+;/t21?,23-;/m1./s1. The van der Waals surface area contributed by atoms with Crippen molar-refractivity contribution in [2.45, 2.75) is 79.2 Å². The van der Waals surface area contributed by atoms with Crippen molar-refractivity contribution in [1.29, 1.82) is 0 Å². The average Bonchev–Trinajstić information content (AvgIpc) is 3.30. The topological polar surface area (TPSA) is 63.4 Å². The van der Waals surface area contributed by atoms with E-state index in [4.69, 9.17) is 10.5 Å². The number of benzene rings is 2. The van der Waals surface area contributed by atoms with Gasteiger partial charge in [-0.05, 0) is 98.1 Å². The van der Waals surface area contributed by atoms with Gasteiger partial charge in [-0.15, -0.1) is 0 Å². The van der Waals surface area contributed by atoms with Gasteiger partial charge in [0.05, 0.1) is 11.3 Å². The molecule has 6 heteroatoms. The molecule has 42 heavy (non-hydrogen) atoms. The first-order valence-corrected chi connectivity index (χ1v) is 16.5. The van der Waals surface area contributed by atoms with E-state index in [1.807, 2.05) is 13.8 Å². The van der Waals surface area contributed by atoms with E-state index in [0.29, 0.717) is 12.5 Å². The van der Waals surface area contributed by atoms with Crippen LogP contribution in [-0.4, -0.2) is 36.2 Å². The predicted molar refractivity (Wildman–Crippen MR) is 185 cm³/mol. The fraction of sp³-hybridized carbons (Fsp3) is 0.472. The van der Waals surface area contributed by atoms with Crippen molar-refractivity contribution in [3.05, 3.63) is 83.6 Å². The highest BCUT2D eigenvalue weighted by molar-refractivity contribution is 7.13. The first-order valence-electron chi connectivity index (χ1n) is 15.8. The van der Waals surface area contributed by atoms with E-state index >= 15 is 0 Å². The monoisotopic (exact) mass is 588 g/mol. The van der Waals surface area contributed by atoms with Crippen molar-refractivity contribution in [3.63, 3.8) is 0 Å². The van der Waals surface area contributed by atoms with Crippen LogP contribution in [0.4, 0.5) is 5.82 Å². The molecule has 0 radical (unpaired) electrons. The van der Waals surface area contributed by atoms with Crippen molar-refractivity contribution in [1.82, 2.24) is 9.69 Å². The van der Waals surface area contributed by atoms with Crippen LogP contribution in [-0.2, 0) is 6.42 Å². The van der Waals surface area contributed by atoms with Crippen LogP contribution in [0.25, 0.3) is 16.2 Å². The highest BCUT2D eigenvalue weighted by atomic mass is 32.1. The molecule has 0 amide bonds. The number of nitrogens with one attached hydrogen (secondary N) is 1. The fourth-order valence-corrected chi connectivity index (χ4v) is 6.20. The molecule has 3 N–H and O–H groups in total. The summed E-state index contributed by atoms with van der Waals surface area (Å²) in [6.07, 6.45) is 11.8. The van der Waals surface area contributed by atoms with E-state index in [-0.39, 0.29) is 5.54 Å². The Morgan fingerprint density at radius 3 is 2.45 bits per heavy atom. The number of nitrogens with zero attached hydrogens (tertiary/aromatic N) is 2. The van der Waals surface area contributed by atoms with Gasteiger partial charge < -0.3 is 20.7 Å². The highest BCUT2D eigenvalue weighted by Crippen LogP contribution is 2.48. The number of allylic oxidation sites excluding steroid dienone is 2. The van der Waals surface area contributed by atoms with Crippen molar-refractivity contribution in [2.75, 3.05) is 31.1 Å². The van der Waals surface area contributed by atoms with Gasteiger partial charge in [-0.2, -0.15) is 4.37 Å². The molecule has 0 aliphatic heterocycles. The highest BCUT2D eigenvalue weighted by Gasteiger charge is 2.53. The fourth-order valence-electron chi connectivity index (χ4n) is 5.41. The number of hydrogen-bond donors (Lipinski definition) is 2. The maximum Gasteiger partial charge on any atom is 0.150 e. The minimum atomic E-state index is -0.167. The Hall–Kier alpha value is -3.09. The zero-order valence-corrected chi connectivity index (χ0v) is 27.5. The normalized spacial score (nSPS) is 18.2. The molecular formula is C36H52N4OS. The van der Waals surface area contributed by atoms with E-state index in [2.05, 4.69) is 110 Å². The molecule has 228 valence electrons. The number of hydrogen-bond acceptors (Lipinski definition) is 6. The predicted octanol–water partition coefficient (Wildman–Crippen LogP) is 8.76. The molecule has 0 bridgehead atoms. The Kier molecular flexibility index (Phi) is 13.1. The molecule has 1 unspecified atom stereocenters. The summed E-state index contributed by atoms with van der Waals surface area (Å²) in [5.74, 6) is 2.55. The van der Waals surface area contributed by atoms with Gasteiger partial charge in [0.25, 0.3) is 0 Å². The zero-order chi connectivity index (χ0) is 30.5. The van der Waals surface area contributed by atoms with Crippen LogP contribution < -0.4 is 20.7 Å². The smallest absolute Gasteiger partial charge is 0.150 e. The number of nitrogens with two attached hydrogens (primary N) is 1. The maximum atomic E-state index is 6.32. The Morgan fingerprint density at radius 2 is 1.83 bits per heavy atom. The molecule has 4 rings (SSSR count). The molecule has 1 saturated carbocycles. The second-order valence-electron chi connectivity index (χ2n) is 11.0. The minimum absolute atomic E-state index is 0.167. The molecular weight excluding hydrogens is 536 g/mol. The lowest BCUT2D eigenvalue weighted by Crippen LogP contribution is -2.28. The zero-order valence-electron chi connectivity index (χ0n) is 26.7. The first kappa shape index (κ1) is 33.4. The molecule has 1 aliphatic rings. The van der Waals surface area contributed by atoms with Gasteiger partial charge in [0.1, 0.15) is 11.6 Å². The van der Waals surface area contributed by atoms with E-state index in [1.54, 1.807) is 11.5 Å². The second kappa shape index (κ2) is 16.5. The van der Waals surface area contributed by atoms with Crippen LogP contribution in [0.1, 0.15) is 78.4 Å². The van der Waals surface area contributed by atoms with Crippen LogP contribution in [0.15, 0.2) is 72.5 Å². The van der Waals surface area contributed by atoms with Crippen LogP contribution in [0.3, 0.4) is 0 Å². The first-order chi connectivity index (χ1) is 20.4. The molecule has 0 spiro atoms. The number of aromatic nitrogens is 1. The summed E-state index contributed by atoms with van der Waals surface area (Å²) in [7, 11) is 0. The largest absolute Gasteiger partial charge is 0.494 e. The third-order valence-corrected chi connectivity index (χ3v) is 8.78. The van der Waals surface area contributed by atoms with E-state index in [0.717, 1.165) is 50.3 Å². The molecule has 2 aromatic carbocycles. The summed E-state index contributed by atoms with van der Waals surface area (Å²) < 4.78 is 11.6. The summed E-state index contributed by atoms with van der Waals surface area (Å²) in [5, 5.41) is 4.80. The van der Waals surface area contributed by atoms with Gasteiger partial charge in [-0.3, -0.25) is 0 Å². The molecule has 1 aliphatic carbocycles. The van der Waals surface area contributed by atoms with Gasteiger partial charge in [0.2, 0.25) is 0 Å². The summed E-state index contributed by atoms with van der Waals surface area (Å²) in [6, 6.07) is 14.9. The quantitative estimate of drug-likeness (QED) is 0.137. The van der Waals surface area contributed by atoms with Crippen molar-refractivity contribution >= 4 is 33.5 Å². The SMILES string of the molecule is C=C1C(CNC(/C=C/c2ccc(OCC)c(CCC)c2)=C/C)[C@@]1(N)CC.CCCN(CCC)c1nsc2ccccc12. The number of anilines is 1. The Labute approximate surface area is 258 Å². The summed E-state index contributed by atoms with van der Waals surface area (Å²) in [6.45, 7) is 20.7. The van der Waals surface area contributed by atoms with Gasteiger partial charge >= 0.3 is 0 Å². The number of rotatable bonds is 15. The van der Waals surface area contributed by atoms with Crippen LogP contribution in [0, 0.1) is 5.92 Å².